The summed E-state index contributed by atoms with van der Waals surface area (Å²) < 4.78 is 5.23. The van der Waals surface area contributed by atoms with Gasteiger partial charge in [-0.2, -0.15) is 4.98 Å². The molecule has 0 aliphatic heterocycles. The molecule has 96 valence electrons. The van der Waals surface area contributed by atoms with E-state index < -0.39 is 0 Å². The predicted molar refractivity (Wildman–Crippen MR) is 70.9 cm³/mol. The fourth-order valence-electron chi connectivity index (χ4n) is 1.81. The lowest BCUT2D eigenvalue weighted by Gasteiger charge is -2.08. The summed E-state index contributed by atoms with van der Waals surface area (Å²) in [6.45, 7) is 6.29. The van der Waals surface area contributed by atoms with Crippen molar-refractivity contribution in [2.75, 3.05) is 0 Å². The van der Waals surface area contributed by atoms with Gasteiger partial charge in [-0.3, -0.25) is 0 Å². The van der Waals surface area contributed by atoms with E-state index in [1.165, 1.54) is 5.56 Å². The minimum absolute atomic E-state index is 0.184. The molecular formula is C14H19N3O. The lowest BCUT2D eigenvalue weighted by Crippen LogP contribution is -2.13. The van der Waals surface area contributed by atoms with Gasteiger partial charge in [0.25, 0.3) is 0 Å². The molecule has 0 amide bonds. The van der Waals surface area contributed by atoms with Crippen molar-refractivity contribution in [1.82, 2.24) is 10.1 Å². The second-order valence-electron chi connectivity index (χ2n) is 5.06. The van der Waals surface area contributed by atoms with Crippen LogP contribution in [0.15, 0.2) is 28.8 Å². The molecule has 0 fully saturated rings. The quantitative estimate of drug-likeness (QED) is 0.899. The van der Waals surface area contributed by atoms with Gasteiger partial charge in [0.1, 0.15) is 0 Å². The maximum atomic E-state index is 6.02. The summed E-state index contributed by atoms with van der Waals surface area (Å²) in [5, 5.41) is 3.98. The lowest BCUT2D eigenvalue weighted by atomic mass is 10.0. The second-order valence-corrected chi connectivity index (χ2v) is 5.06. The molecular weight excluding hydrogens is 226 g/mol. The van der Waals surface area contributed by atoms with E-state index in [0.717, 1.165) is 12.0 Å². The molecule has 1 aromatic heterocycles. The van der Waals surface area contributed by atoms with Crippen LogP contribution in [0, 0.1) is 12.8 Å². The molecule has 18 heavy (non-hydrogen) atoms. The largest absolute Gasteiger partial charge is 0.337 e. The molecule has 4 heteroatoms. The zero-order chi connectivity index (χ0) is 13.1. The molecule has 0 aliphatic rings. The summed E-state index contributed by atoms with van der Waals surface area (Å²) in [6, 6.07) is 7.84. The molecule has 1 unspecified atom stereocenters. The van der Waals surface area contributed by atoms with Gasteiger partial charge in [0.2, 0.25) is 11.7 Å². The first kappa shape index (κ1) is 12.8. The van der Waals surface area contributed by atoms with Gasteiger partial charge in [-0.15, -0.1) is 0 Å². The standard InChI is InChI=1S/C14H19N3O/c1-9(2)8-12(15)14-16-13(17-18-14)11-6-4-10(3)5-7-11/h4-7,9,12H,8,15H2,1-3H3. The number of hydrogen-bond donors (Lipinski definition) is 1. The molecule has 1 atom stereocenters. The zero-order valence-corrected chi connectivity index (χ0v) is 11.1. The van der Waals surface area contributed by atoms with Crippen LogP contribution >= 0.6 is 0 Å². The Balaban J connectivity index is 2.17. The van der Waals surface area contributed by atoms with Gasteiger partial charge in [0.15, 0.2) is 0 Å². The van der Waals surface area contributed by atoms with Crippen LogP contribution in [-0.2, 0) is 0 Å². The van der Waals surface area contributed by atoms with Crippen molar-refractivity contribution in [3.8, 4) is 11.4 Å². The van der Waals surface area contributed by atoms with Gasteiger partial charge >= 0.3 is 0 Å². The van der Waals surface area contributed by atoms with Crippen molar-refractivity contribution >= 4 is 0 Å². The Morgan fingerprint density at radius 3 is 2.50 bits per heavy atom. The van der Waals surface area contributed by atoms with E-state index >= 15 is 0 Å². The van der Waals surface area contributed by atoms with Crippen LogP contribution in [0.25, 0.3) is 11.4 Å². The molecule has 4 nitrogen and oxygen atoms in total. The number of hydrogen-bond acceptors (Lipinski definition) is 4. The Kier molecular flexibility index (Phi) is 3.77. The third-order valence-corrected chi connectivity index (χ3v) is 2.79. The van der Waals surface area contributed by atoms with Crippen LogP contribution < -0.4 is 5.73 Å². The van der Waals surface area contributed by atoms with Crippen LogP contribution in [0.5, 0.6) is 0 Å². The fraction of sp³-hybridized carbons (Fsp3) is 0.429. The number of rotatable bonds is 4. The average Bonchev–Trinajstić information content (AvgIpc) is 2.78. The highest BCUT2D eigenvalue weighted by Crippen LogP contribution is 2.21. The number of aryl methyl sites for hydroxylation is 1. The Morgan fingerprint density at radius 1 is 1.22 bits per heavy atom. The van der Waals surface area contributed by atoms with Gasteiger partial charge < -0.3 is 10.3 Å². The van der Waals surface area contributed by atoms with Crippen molar-refractivity contribution in [2.45, 2.75) is 33.2 Å². The van der Waals surface area contributed by atoms with Gasteiger partial charge in [0.05, 0.1) is 6.04 Å². The first-order valence-corrected chi connectivity index (χ1v) is 6.22. The Labute approximate surface area is 107 Å². The molecule has 0 bridgehead atoms. The Morgan fingerprint density at radius 2 is 1.89 bits per heavy atom. The SMILES string of the molecule is Cc1ccc(-c2noc(C(N)CC(C)C)n2)cc1. The number of nitrogens with two attached hydrogens (primary N) is 1. The van der Waals surface area contributed by atoms with Crippen molar-refractivity contribution in [2.24, 2.45) is 11.7 Å². The van der Waals surface area contributed by atoms with E-state index in [2.05, 4.69) is 24.0 Å². The smallest absolute Gasteiger partial charge is 0.243 e. The van der Waals surface area contributed by atoms with Crippen molar-refractivity contribution in [3.05, 3.63) is 35.7 Å². The number of benzene rings is 1. The van der Waals surface area contributed by atoms with Crippen LogP contribution in [0.4, 0.5) is 0 Å². The summed E-state index contributed by atoms with van der Waals surface area (Å²) in [7, 11) is 0. The number of aromatic nitrogens is 2. The Bertz CT molecular complexity index is 502. The lowest BCUT2D eigenvalue weighted by molar-refractivity contribution is 0.335. The van der Waals surface area contributed by atoms with Crippen LogP contribution in [0.1, 0.15) is 37.8 Å². The Hall–Kier alpha value is -1.68. The monoisotopic (exact) mass is 245 g/mol. The fourth-order valence-corrected chi connectivity index (χ4v) is 1.81. The predicted octanol–water partition coefficient (Wildman–Crippen LogP) is 3.09. The average molecular weight is 245 g/mol. The zero-order valence-electron chi connectivity index (χ0n) is 11.1. The highest BCUT2D eigenvalue weighted by Gasteiger charge is 2.16. The minimum atomic E-state index is -0.184. The normalized spacial score (nSPS) is 12.9. The van der Waals surface area contributed by atoms with Crippen LogP contribution in [0.2, 0.25) is 0 Å². The molecule has 0 saturated carbocycles. The van der Waals surface area contributed by atoms with Crippen molar-refractivity contribution in [1.29, 1.82) is 0 Å². The first-order valence-electron chi connectivity index (χ1n) is 6.22. The summed E-state index contributed by atoms with van der Waals surface area (Å²) in [5.74, 6) is 1.62. The van der Waals surface area contributed by atoms with E-state index in [1.807, 2.05) is 31.2 Å². The van der Waals surface area contributed by atoms with Crippen molar-refractivity contribution in [3.63, 3.8) is 0 Å². The van der Waals surface area contributed by atoms with Crippen LogP contribution in [0.3, 0.4) is 0 Å². The molecule has 2 rings (SSSR count). The molecule has 2 N–H and O–H groups in total. The summed E-state index contributed by atoms with van der Waals surface area (Å²) in [6.07, 6.45) is 0.843. The van der Waals surface area contributed by atoms with Crippen molar-refractivity contribution < 1.29 is 4.52 Å². The van der Waals surface area contributed by atoms with Crippen LogP contribution in [-0.4, -0.2) is 10.1 Å². The second kappa shape index (κ2) is 5.31. The van der Waals surface area contributed by atoms with E-state index in [0.29, 0.717) is 17.6 Å². The maximum absolute atomic E-state index is 6.02. The summed E-state index contributed by atoms with van der Waals surface area (Å²) in [5.41, 5.74) is 8.17. The number of nitrogens with zero attached hydrogens (tertiary/aromatic N) is 2. The van der Waals surface area contributed by atoms with Gasteiger partial charge in [-0.1, -0.05) is 48.8 Å². The third kappa shape index (κ3) is 2.96. The van der Waals surface area contributed by atoms with E-state index in [4.69, 9.17) is 10.3 Å². The topological polar surface area (TPSA) is 64.9 Å². The first-order chi connectivity index (χ1) is 8.56. The minimum Gasteiger partial charge on any atom is -0.337 e. The maximum Gasteiger partial charge on any atom is 0.243 e. The van der Waals surface area contributed by atoms with E-state index in [1.54, 1.807) is 0 Å². The van der Waals surface area contributed by atoms with Gasteiger partial charge in [-0.25, -0.2) is 0 Å². The molecule has 0 radical (unpaired) electrons. The molecule has 1 heterocycles. The van der Waals surface area contributed by atoms with E-state index in [-0.39, 0.29) is 6.04 Å². The molecule has 2 aromatic rings. The molecule has 1 aromatic carbocycles. The van der Waals surface area contributed by atoms with Gasteiger partial charge in [0, 0.05) is 5.56 Å². The summed E-state index contributed by atoms with van der Waals surface area (Å²) >= 11 is 0. The highest BCUT2D eigenvalue weighted by molar-refractivity contribution is 5.54. The van der Waals surface area contributed by atoms with Gasteiger partial charge in [-0.05, 0) is 19.3 Å². The highest BCUT2D eigenvalue weighted by atomic mass is 16.5. The van der Waals surface area contributed by atoms with E-state index in [9.17, 15) is 0 Å². The third-order valence-electron chi connectivity index (χ3n) is 2.79. The molecule has 0 spiro atoms. The summed E-state index contributed by atoms with van der Waals surface area (Å²) in [4.78, 5) is 4.36. The molecule has 0 saturated heterocycles. The molecule has 0 aliphatic carbocycles.